The van der Waals surface area contributed by atoms with Crippen LogP contribution in [0.1, 0.15) is 40.1 Å². The van der Waals surface area contributed by atoms with Crippen molar-refractivity contribution in [3.63, 3.8) is 0 Å². The number of nitrogens with zero attached hydrogens (tertiary/aromatic N) is 2. The van der Waals surface area contributed by atoms with Crippen molar-refractivity contribution in [3.8, 4) is 0 Å². The van der Waals surface area contributed by atoms with E-state index in [0.717, 1.165) is 29.2 Å². The van der Waals surface area contributed by atoms with Crippen LogP contribution in [0.3, 0.4) is 0 Å². The summed E-state index contributed by atoms with van der Waals surface area (Å²) in [7, 11) is 1.32. The lowest BCUT2D eigenvalue weighted by molar-refractivity contribution is -0.122. The topological polar surface area (TPSA) is 78.9 Å². The van der Waals surface area contributed by atoms with E-state index in [2.05, 4.69) is 10.2 Å². The van der Waals surface area contributed by atoms with E-state index in [9.17, 15) is 14.4 Å². The number of benzene rings is 1. The lowest BCUT2D eigenvalue weighted by atomic mass is 10.1. The van der Waals surface area contributed by atoms with E-state index in [-0.39, 0.29) is 18.2 Å². The van der Waals surface area contributed by atoms with Crippen molar-refractivity contribution >= 4 is 45.5 Å². The Bertz CT molecular complexity index is 1010. The summed E-state index contributed by atoms with van der Waals surface area (Å²) in [6.07, 6.45) is 2.57. The first-order valence-corrected chi connectivity index (χ1v) is 11.3. The van der Waals surface area contributed by atoms with Crippen LogP contribution in [0.25, 0.3) is 0 Å². The maximum Gasteiger partial charge on any atom is 0.341 e. The minimum Gasteiger partial charge on any atom is -0.465 e. The van der Waals surface area contributed by atoms with Crippen molar-refractivity contribution < 1.29 is 19.1 Å². The number of esters is 1. The van der Waals surface area contributed by atoms with Crippen LogP contribution in [-0.4, -0.2) is 44.5 Å². The highest BCUT2D eigenvalue weighted by Crippen LogP contribution is 2.34. The summed E-state index contributed by atoms with van der Waals surface area (Å²) < 4.78 is 4.87. The van der Waals surface area contributed by atoms with Gasteiger partial charge in [0.25, 0.3) is 0 Å². The zero-order valence-corrected chi connectivity index (χ0v) is 18.9. The number of amides is 2. The predicted octanol–water partition coefficient (Wildman–Crippen LogP) is 3.74. The fraction of sp³-hybridized carbons (Fsp3) is 0.435. The smallest absolute Gasteiger partial charge is 0.341 e. The third kappa shape index (κ3) is 4.17. The summed E-state index contributed by atoms with van der Waals surface area (Å²) in [6.45, 7) is 6.19. The van der Waals surface area contributed by atoms with E-state index in [4.69, 9.17) is 4.74 Å². The van der Waals surface area contributed by atoms with Crippen LogP contribution < -0.4 is 15.1 Å². The van der Waals surface area contributed by atoms with Crippen LogP contribution in [0.15, 0.2) is 24.3 Å². The third-order valence-corrected chi connectivity index (χ3v) is 7.26. The second-order valence-corrected chi connectivity index (χ2v) is 9.31. The van der Waals surface area contributed by atoms with E-state index in [1.165, 1.54) is 37.0 Å². The molecule has 2 amide bonds. The Morgan fingerprint density at radius 1 is 1.10 bits per heavy atom. The fourth-order valence-electron chi connectivity index (χ4n) is 4.23. The molecule has 0 aliphatic carbocycles. The van der Waals surface area contributed by atoms with Gasteiger partial charge < -0.3 is 19.9 Å². The molecule has 3 heterocycles. The van der Waals surface area contributed by atoms with Crippen LogP contribution >= 0.6 is 11.3 Å². The number of carbonyl (C=O) groups excluding carboxylic acids is 3. The normalized spacial score (nSPS) is 18.5. The molecule has 0 saturated carbocycles. The van der Waals surface area contributed by atoms with Crippen LogP contribution in [-0.2, 0) is 14.3 Å². The highest BCUT2D eigenvalue weighted by Gasteiger charge is 2.36. The average molecular weight is 442 g/mol. The molecule has 2 fully saturated rings. The number of thiophene rings is 1. The summed E-state index contributed by atoms with van der Waals surface area (Å²) in [5, 5.41) is 3.34. The van der Waals surface area contributed by atoms with Gasteiger partial charge in [-0.05, 0) is 56.5 Å². The number of ether oxygens (including phenoxy) is 1. The molecule has 0 bridgehead atoms. The Labute approximate surface area is 186 Å². The zero-order chi connectivity index (χ0) is 22.1. The SMILES string of the molecule is COC(=O)c1c(NC(=O)C2CC(=O)N(c3ccc(N4CCCC4)cc3)C2)sc(C)c1C. The quantitative estimate of drug-likeness (QED) is 0.715. The highest BCUT2D eigenvalue weighted by molar-refractivity contribution is 7.16. The van der Waals surface area contributed by atoms with E-state index in [1.807, 2.05) is 38.1 Å². The molecule has 0 spiro atoms. The molecular formula is C23H27N3O4S. The average Bonchev–Trinajstić information content (AvgIpc) is 3.48. The molecule has 0 radical (unpaired) electrons. The van der Waals surface area contributed by atoms with Crippen molar-refractivity contribution in [3.05, 3.63) is 40.3 Å². The highest BCUT2D eigenvalue weighted by atomic mass is 32.1. The minimum absolute atomic E-state index is 0.0687. The molecule has 4 rings (SSSR count). The van der Waals surface area contributed by atoms with Crippen molar-refractivity contribution in [2.45, 2.75) is 33.1 Å². The standard InChI is InChI=1S/C23H27N3O4S/c1-14-15(2)31-22(20(14)23(29)30-3)24-21(28)16-12-19(27)26(13-16)18-8-6-17(7-9-18)25-10-4-5-11-25/h6-9,16H,4-5,10-13H2,1-3H3,(H,24,28). The van der Waals surface area contributed by atoms with Gasteiger partial charge in [0.05, 0.1) is 18.6 Å². The van der Waals surface area contributed by atoms with Gasteiger partial charge in [0.15, 0.2) is 0 Å². The van der Waals surface area contributed by atoms with Gasteiger partial charge in [-0.2, -0.15) is 0 Å². The van der Waals surface area contributed by atoms with E-state index < -0.39 is 11.9 Å². The van der Waals surface area contributed by atoms with Gasteiger partial charge in [-0.3, -0.25) is 9.59 Å². The van der Waals surface area contributed by atoms with Crippen molar-refractivity contribution in [1.29, 1.82) is 0 Å². The van der Waals surface area contributed by atoms with Crippen molar-refractivity contribution in [2.24, 2.45) is 5.92 Å². The first-order valence-electron chi connectivity index (χ1n) is 10.5. The van der Waals surface area contributed by atoms with E-state index in [1.54, 1.807) is 4.90 Å². The number of rotatable bonds is 5. The molecule has 31 heavy (non-hydrogen) atoms. The Hall–Kier alpha value is -2.87. The summed E-state index contributed by atoms with van der Waals surface area (Å²) in [5.41, 5.74) is 3.16. The number of carbonyl (C=O) groups is 3. The number of anilines is 3. The Morgan fingerprint density at radius 2 is 1.74 bits per heavy atom. The molecule has 1 atom stereocenters. The number of hydrogen-bond acceptors (Lipinski definition) is 6. The molecule has 2 saturated heterocycles. The van der Waals surface area contributed by atoms with Gasteiger partial charge in [-0.1, -0.05) is 0 Å². The molecule has 1 aromatic carbocycles. The molecule has 164 valence electrons. The Morgan fingerprint density at radius 3 is 2.39 bits per heavy atom. The second-order valence-electron chi connectivity index (χ2n) is 8.08. The van der Waals surface area contributed by atoms with E-state index >= 15 is 0 Å². The Balaban J connectivity index is 1.45. The summed E-state index contributed by atoms with van der Waals surface area (Å²) in [5.74, 6) is -1.27. The van der Waals surface area contributed by atoms with Crippen molar-refractivity contribution in [2.75, 3.05) is 41.9 Å². The maximum atomic E-state index is 12.9. The lowest BCUT2D eigenvalue weighted by Crippen LogP contribution is -2.28. The number of aryl methyl sites for hydroxylation is 1. The lowest BCUT2D eigenvalue weighted by Gasteiger charge is -2.20. The fourth-order valence-corrected chi connectivity index (χ4v) is 5.28. The van der Waals surface area contributed by atoms with Gasteiger partial charge in [-0.25, -0.2) is 4.79 Å². The molecular weight excluding hydrogens is 414 g/mol. The molecule has 2 aromatic rings. The third-order valence-electron chi connectivity index (χ3n) is 6.14. The van der Waals surface area contributed by atoms with Gasteiger partial charge in [-0.15, -0.1) is 11.3 Å². The molecule has 2 aliphatic heterocycles. The molecule has 1 aromatic heterocycles. The molecule has 1 unspecified atom stereocenters. The number of methoxy groups -OCH3 is 1. The number of nitrogens with one attached hydrogen (secondary N) is 1. The molecule has 1 N–H and O–H groups in total. The van der Waals surface area contributed by atoms with Gasteiger partial charge in [0.2, 0.25) is 11.8 Å². The molecule has 8 heteroatoms. The Kier molecular flexibility index (Phi) is 6.00. The minimum atomic E-state index is -0.473. The monoisotopic (exact) mass is 441 g/mol. The largest absolute Gasteiger partial charge is 0.465 e. The van der Waals surface area contributed by atoms with Crippen LogP contribution in [0.4, 0.5) is 16.4 Å². The van der Waals surface area contributed by atoms with Gasteiger partial charge in [0.1, 0.15) is 5.00 Å². The second kappa shape index (κ2) is 8.70. The predicted molar refractivity (Wildman–Crippen MR) is 122 cm³/mol. The molecule has 7 nitrogen and oxygen atoms in total. The summed E-state index contributed by atoms with van der Waals surface area (Å²) >= 11 is 1.35. The van der Waals surface area contributed by atoms with Gasteiger partial charge in [0, 0.05) is 42.3 Å². The summed E-state index contributed by atoms with van der Waals surface area (Å²) in [4.78, 5) is 42.6. The first kappa shape index (κ1) is 21.4. The number of hydrogen-bond donors (Lipinski definition) is 1. The zero-order valence-electron chi connectivity index (χ0n) is 18.1. The maximum absolute atomic E-state index is 12.9. The van der Waals surface area contributed by atoms with E-state index in [0.29, 0.717) is 17.1 Å². The van der Waals surface area contributed by atoms with Gasteiger partial charge >= 0.3 is 5.97 Å². The van der Waals surface area contributed by atoms with Crippen LogP contribution in [0.5, 0.6) is 0 Å². The van der Waals surface area contributed by atoms with Crippen LogP contribution in [0, 0.1) is 19.8 Å². The molecule has 2 aliphatic rings. The van der Waals surface area contributed by atoms with Crippen molar-refractivity contribution in [1.82, 2.24) is 0 Å². The van der Waals surface area contributed by atoms with Crippen LogP contribution in [0.2, 0.25) is 0 Å². The first-order chi connectivity index (χ1) is 14.9. The summed E-state index contributed by atoms with van der Waals surface area (Å²) in [6, 6.07) is 7.99.